The zero-order valence-corrected chi connectivity index (χ0v) is 11.9. The van der Waals surface area contributed by atoms with Crippen molar-refractivity contribution in [3.63, 3.8) is 0 Å². The van der Waals surface area contributed by atoms with Crippen molar-refractivity contribution in [3.05, 3.63) is 29.7 Å². The van der Waals surface area contributed by atoms with E-state index in [4.69, 9.17) is 4.42 Å². The van der Waals surface area contributed by atoms with E-state index >= 15 is 0 Å². The molecule has 2 N–H and O–H groups in total. The molecule has 1 amide bonds. The van der Waals surface area contributed by atoms with Gasteiger partial charge in [0.25, 0.3) is 5.91 Å². The molecule has 7 nitrogen and oxygen atoms in total. The first-order valence-electron chi connectivity index (χ1n) is 6.29. The van der Waals surface area contributed by atoms with Crippen LogP contribution in [0, 0.1) is 6.92 Å². The Morgan fingerprint density at radius 1 is 1.35 bits per heavy atom. The van der Waals surface area contributed by atoms with Crippen LogP contribution in [-0.2, 0) is 0 Å². The summed E-state index contributed by atoms with van der Waals surface area (Å²) in [6, 6.07) is 0.152. The van der Waals surface area contributed by atoms with Crippen LogP contribution in [0.5, 0.6) is 0 Å². The lowest BCUT2D eigenvalue weighted by Crippen LogP contribution is -2.18. The molecule has 2 aromatic heterocycles. The number of hydrogen-bond donors (Lipinski definition) is 2. The maximum absolute atomic E-state index is 12.2. The molecule has 0 bridgehead atoms. The van der Waals surface area contributed by atoms with Gasteiger partial charge in [0.15, 0.2) is 5.69 Å². The van der Waals surface area contributed by atoms with E-state index in [1.54, 1.807) is 20.2 Å². The first kappa shape index (κ1) is 14.0. The summed E-state index contributed by atoms with van der Waals surface area (Å²) in [6.07, 6.45) is 3.06. The van der Waals surface area contributed by atoms with Crippen molar-refractivity contribution in [1.82, 2.24) is 15.0 Å². The molecule has 106 valence electrons. The number of aryl methyl sites for hydroxylation is 1. The van der Waals surface area contributed by atoms with Crippen LogP contribution in [0.4, 0.5) is 11.7 Å². The highest BCUT2D eigenvalue weighted by Gasteiger charge is 2.17. The molecule has 2 heterocycles. The summed E-state index contributed by atoms with van der Waals surface area (Å²) in [5.41, 5.74) is 1.51. The van der Waals surface area contributed by atoms with Gasteiger partial charge in [-0.05, 0) is 6.92 Å². The maximum atomic E-state index is 12.2. The Balaban J connectivity index is 2.29. The Labute approximate surface area is 116 Å². The number of carbonyl (C=O) groups excluding carboxylic acids is 1. The van der Waals surface area contributed by atoms with Crippen molar-refractivity contribution in [2.75, 3.05) is 17.7 Å². The second-order valence-electron chi connectivity index (χ2n) is 4.64. The van der Waals surface area contributed by atoms with Crippen LogP contribution >= 0.6 is 0 Å². The SMILES string of the molecule is CNc1cnc(C(C)C)nc1C(=O)Nc1nc(C)co1. The van der Waals surface area contributed by atoms with Crippen molar-refractivity contribution in [2.45, 2.75) is 26.7 Å². The Morgan fingerprint density at radius 3 is 2.65 bits per heavy atom. The summed E-state index contributed by atoms with van der Waals surface area (Å²) in [6.45, 7) is 5.71. The fourth-order valence-electron chi connectivity index (χ4n) is 1.60. The quantitative estimate of drug-likeness (QED) is 0.888. The molecule has 7 heteroatoms. The molecule has 0 fully saturated rings. The van der Waals surface area contributed by atoms with E-state index in [0.717, 1.165) is 0 Å². The molecule has 20 heavy (non-hydrogen) atoms. The van der Waals surface area contributed by atoms with E-state index in [1.807, 2.05) is 13.8 Å². The van der Waals surface area contributed by atoms with Gasteiger partial charge in [0.1, 0.15) is 12.1 Å². The standard InChI is InChI=1S/C13H17N5O2/c1-7(2)11-15-5-9(14-4)10(17-11)12(19)18-13-16-8(3)6-20-13/h5-7,14H,1-4H3,(H,16,18,19). The molecule has 0 spiro atoms. The summed E-state index contributed by atoms with van der Waals surface area (Å²) in [7, 11) is 1.71. The summed E-state index contributed by atoms with van der Waals surface area (Å²) in [4.78, 5) is 24.8. The average molecular weight is 275 g/mol. The zero-order chi connectivity index (χ0) is 14.7. The molecule has 0 aliphatic rings. The van der Waals surface area contributed by atoms with Gasteiger partial charge in [-0.15, -0.1) is 0 Å². The predicted octanol–water partition coefficient (Wildman–Crippen LogP) is 2.19. The van der Waals surface area contributed by atoms with Gasteiger partial charge < -0.3 is 9.73 Å². The van der Waals surface area contributed by atoms with E-state index in [1.165, 1.54) is 6.26 Å². The van der Waals surface area contributed by atoms with Crippen LogP contribution in [0.15, 0.2) is 16.9 Å². The lowest BCUT2D eigenvalue weighted by Gasteiger charge is -2.10. The normalized spacial score (nSPS) is 10.7. The van der Waals surface area contributed by atoms with Gasteiger partial charge >= 0.3 is 6.01 Å². The van der Waals surface area contributed by atoms with Gasteiger partial charge in [0, 0.05) is 13.0 Å². The molecule has 2 aromatic rings. The zero-order valence-electron chi connectivity index (χ0n) is 11.9. The third kappa shape index (κ3) is 2.93. The molecule has 2 rings (SSSR count). The fraction of sp³-hybridized carbons (Fsp3) is 0.385. The number of oxazole rings is 1. The Hall–Kier alpha value is -2.44. The first-order chi connectivity index (χ1) is 9.51. The van der Waals surface area contributed by atoms with Crippen LogP contribution in [0.2, 0.25) is 0 Å². The van der Waals surface area contributed by atoms with E-state index in [9.17, 15) is 4.79 Å². The Kier molecular flexibility index (Phi) is 3.97. The van der Waals surface area contributed by atoms with E-state index < -0.39 is 0 Å². The minimum Gasteiger partial charge on any atom is -0.432 e. The molecular formula is C13H17N5O2. The summed E-state index contributed by atoms with van der Waals surface area (Å²) in [5.74, 6) is 0.356. The molecule has 0 aromatic carbocycles. The third-order valence-corrected chi connectivity index (χ3v) is 2.65. The monoisotopic (exact) mass is 275 g/mol. The first-order valence-corrected chi connectivity index (χ1v) is 6.29. The summed E-state index contributed by atoms with van der Waals surface area (Å²) >= 11 is 0. The van der Waals surface area contributed by atoms with Crippen molar-refractivity contribution in [2.24, 2.45) is 0 Å². The highest BCUT2D eigenvalue weighted by atomic mass is 16.4. The molecule has 0 saturated heterocycles. The molecule has 0 aliphatic carbocycles. The number of aromatic nitrogens is 3. The van der Waals surface area contributed by atoms with Crippen LogP contribution in [0.3, 0.4) is 0 Å². The lowest BCUT2D eigenvalue weighted by molar-refractivity contribution is 0.101. The molecule has 0 atom stereocenters. The van der Waals surface area contributed by atoms with Gasteiger partial charge in [-0.1, -0.05) is 13.8 Å². The second-order valence-corrected chi connectivity index (χ2v) is 4.64. The molecule has 0 saturated carbocycles. The lowest BCUT2D eigenvalue weighted by atomic mass is 10.2. The minimum absolute atomic E-state index is 0.136. The van der Waals surface area contributed by atoms with Crippen molar-refractivity contribution < 1.29 is 9.21 Å². The number of nitrogens with one attached hydrogen (secondary N) is 2. The number of rotatable bonds is 4. The molecular weight excluding hydrogens is 258 g/mol. The Bertz CT molecular complexity index is 621. The van der Waals surface area contributed by atoms with Crippen LogP contribution in [0.25, 0.3) is 0 Å². The number of nitrogens with zero attached hydrogens (tertiary/aromatic N) is 3. The van der Waals surface area contributed by atoms with Gasteiger partial charge in [-0.2, -0.15) is 4.98 Å². The molecule has 0 unspecified atom stereocenters. The van der Waals surface area contributed by atoms with Crippen molar-refractivity contribution in [3.8, 4) is 0 Å². The highest BCUT2D eigenvalue weighted by molar-refractivity contribution is 6.05. The van der Waals surface area contributed by atoms with Gasteiger partial charge in [0.2, 0.25) is 0 Å². The number of carbonyl (C=O) groups is 1. The summed E-state index contributed by atoms with van der Waals surface area (Å²) < 4.78 is 5.10. The number of hydrogen-bond acceptors (Lipinski definition) is 6. The van der Waals surface area contributed by atoms with E-state index in [0.29, 0.717) is 17.2 Å². The maximum Gasteiger partial charge on any atom is 0.301 e. The third-order valence-electron chi connectivity index (χ3n) is 2.65. The number of amides is 1. The fourth-order valence-corrected chi connectivity index (χ4v) is 1.60. The predicted molar refractivity (Wildman–Crippen MR) is 74.9 cm³/mol. The van der Waals surface area contributed by atoms with Crippen molar-refractivity contribution in [1.29, 1.82) is 0 Å². The van der Waals surface area contributed by atoms with Crippen molar-refractivity contribution >= 4 is 17.6 Å². The second kappa shape index (κ2) is 5.68. The number of anilines is 2. The molecule has 0 radical (unpaired) electrons. The average Bonchev–Trinajstić information content (AvgIpc) is 2.83. The Morgan fingerprint density at radius 2 is 2.10 bits per heavy atom. The summed E-state index contributed by atoms with van der Waals surface area (Å²) in [5, 5.41) is 5.47. The van der Waals surface area contributed by atoms with Crippen LogP contribution in [-0.4, -0.2) is 27.9 Å². The van der Waals surface area contributed by atoms with E-state index in [2.05, 4.69) is 25.6 Å². The van der Waals surface area contributed by atoms with Crippen LogP contribution < -0.4 is 10.6 Å². The smallest absolute Gasteiger partial charge is 0.301 e. The largest absolute Gasteiger partial charge is 0.432 e. The van der Waals surface area contributed by atoms with Crippen LogP contribution in [0.1, 0.15) is 41.8 Å². The molecule has 0 aliphatic heterocycles. The van der Waals surface area contributed by atoms with Gasteiger partial charge in [0.05, 0.1) is 17.6 Å². The van der Waals surface area contributed by atoms with E-state index in [-0.39, 0.29) is 23.5 Å². The topological polar surface area (TPSA) is 92.9 Å². The van der Waals surface area contributed by atoms with Gasteiger partial charge in [-0.3, -0.25) is 10.1 Å². The highest BCUT2D eigenvalue weighted by Crippen LogP contribution is 2.17. The minimum atomic E-state index is -0.388. The van der Waals surface area contributed by atoms with Gasteiger partial charge in [-0.25, -0.2) is 9.97 Å².